The van der Waals surface area contributed by atoms with E-state index in [4.69, 9.17) is 0 Å². The fourth-order valence-corrected chi connectivity index (χ4v) is 1.12. The summed E-state index contributed by atoms with van der Waals surface area (Å²) >= 11 is 0. The van der Waals surface area contributed by atoms with E-state index in [9.17, 15) is 13.2 Å². The van der Waals surface area contributed by atoms with Crippen LogP contribution in [-0.2, 0) is 14.8 Å². The van der Waals surface area contributed by atoms with Crippen molar-refractivity contribution in [2.24, 2.45) is 5.92 Å². The van der Waals surface area contributed by atoms with Crippen molar-refractivity contribution in [3.05, 3.63) is 0 Å². The number of amides is 1. The zero-order valence-electron chi connectivity index (χ0n) is 7.57. The number of hydrogen-bond donors (Lipinski definition) is 0. The average molecular weight is 192 g/mol. The second-order valence-corrected chi connectivity index (χ2v) is 4.88. The van der Waals surface area contributed by atoms with Gasteiger partial charge >= 0.3 is 0 Å². The van der Waals surface area contributed by atoms with Crippen molar-refractivity contribution in [3.8, 4) is 0 Å². The molecule has 0 unspecified atom stereocenters. The first-order valence-electron chi connectivity index (χ1n) is 3.86. The molecule has 0 spiro atoms. The van der Waals surface area contributed by atoms with Crippen LogP contribution < -0.4 is 4.72 Å². The fourth-order valence-electron chi connectivity index (χ4n) is 0.606. The Morgan fingerprint density at radius 3 is 2.25 bits per heavy atom. The summed E-state index contributed by atoms with van der Waals surface area (Å²) in [6.07, 6.45) is 0.194. The number of carbonyl (C=O) groups is 1. The molecule has 0 saturated carbocycles. The summed E-state index contributed by atoms with van der Waals surface area (Å²) < 4.78 is 24.7. The molecule has 0 saturated heterocycles. The third kappa shape index (κ3) is 5.12. The Morgan fingerprint density at radius 2 is 1.92 bits per heavy atom. The van der Waals surface area contributed by atoms with E-state index in [2.05, 4.69) is 4.72 Å². The first-order chi connectivity index (χ1) is 5.37. The molecule has 0 aromatic rings. The monoisotopic (exact) mass is 192 g/mol. The van der Waals surface area contributed by atoms with Gasteiger partial charge in [-0.15, -0.1) is 4.72 Å². The van der Waals surface area contributed by atoms with Gasteiger partial charge in [-0.2, -0.15) is 0 Å². The summed E-state index contributed by atoms with van der Waals surface area (Å²) in [5.74, 6) is -0.517. The van der Waals surface area contributed by atoms with Crippen molar-refractivity contribution >= 4 is 15.9 Å². The van der Waals surface area contributed by atoms with Crippen molar-refractivity contribution in [2.45, 2.75) is 27.2 Å². The predicted molar refractivity (Wildman–Crippen MR) is 46.1 cm³/mol. The molecule has 1 radical (unpaired) electrons. The van der Waals surface area contributed by atoms with Gasteiger partial charge in [0.2, 0.25) is 0 Å². The molecule has 71 valence electrons. The molecule has 0 atom stereocenters. The third-order valence-electron chi connectivity index (χ3n) is 1.19. The molecule has 0 aliphatic heterocycles. The zero-order chi connectivity index (χ0) is 9.78. The lowest BCUT2D eigenvalue weighted by Crippen LogP contribution is -2.25. The molecule has 0 aromatic heterocycles. The van der Waals surface area contributed by atoms with Crippen LogP contribution >= 0.6 is 0 Å². The van der Waals surface area contributed by atoms with Crippen LogP contribution in [0.5, 0.6) is 0 Å². The number of sulfonamides is 1. The molecule has 0 bridgehead atoms. The van der Waals surface area contributed by atoms with E-state index in [-0.39, 0.29) is 18.1 Å². The highest BCUT2D eigenvalue weighted by atomic mass is 32.2. The normalized spacial score (nSPS) is 11.7. The molecular weight excluding hydrogens is 178 g/mol. The van der Waals surface area contributed by atoms with Crippen LogP contribution in [0.1, 0.15) is 27.2 Å². The highest BCUT2D eigenvalue weighted by Crippen LogP contribution is 2.00. The van der Waals surface area contributed by atoms with Crippen molar-refractivity contribution in [1.29, 1.82) is 0 Å². The van der Waals surface area contributed by atoms with Crippen LogP contribution in [0.15, 0.2) is 0 Å². The number of nitrogens with zero attached hydrogens (tertiary/aromatic N) is 1. The molecule has 0 rings (SSSR count). The quantitative estimate of drug-likeness (QED) is 0.652. The van der Waals surface area contributed by atoms with Gasteiger partial charge in [0.15, 0.2) is 0 Å². The van der Waals surface area contributed by atoms with E-state index in [0.29, 0.717) is 0 Å². The highest BCUT2D eigenvalue weighted by Gasteiger charge is 2.15. The van der Waals surface area contributed by atoms with E-state index in [1.807, 2.05) is 13.8 Å². The van der Waals surface area contributed by atoms with Crippen LogP contribution in [0, 0.1) is 5.92 Å². The maximum absolute atomic E-state index is 10.9. The Bertz CT molecular complexity index is 243. The summed E-state index contributed by atoms with van der Waals surface area (Å²) in [6.45, 7) is 5.14. The molecule has 5 heteroatoms. The van der Waals surface area contributed by atoms with Crippen molar-refractivity contribution in [3.63, 3.8) is 0 Å². The summed E-state index contributed by atoms with van der Waals surface area (Å²) in [5, 5.41) is 0. The molecule has 1 amide bonds. The Balaban J connectivity index is 4.02. The van der Waals surface area contributed by atoms with E-state index in [1.165, 1.54) is 6.92 Å². The molecule has 0 heterocycles. The predicted octanol–water partition coefficient (Wildman–Crippen LogP) is 0.513. The molecule has 0 aromatic carbocycles. The van der Waals surface area contributed by atoms with E-state index >= 15 is 0 Å². The molecule has 4 nitrogen and oxygen atoms in total. The number of rotatable bonds is 4. The first kappa shape index (κ1) is 11.4. The average Bonchev–Trinajstić information content (AvgIpc) is 1.84. The molecule has 0 aliphatic rings. The Kier molecular flexibility index (Phi) is 4.23. The van der Waals surface area contributed by atoms with Crippen molar-refractivity contribution in [2.75, 3.05) is 5.75 Å². The molecular formula is C7H14NO3S. The minimum absolute atomic E-state index is 0.114. The van der Waals surface area contributed by atoms with Crippen LogP contribution in [0.25, 0.3) is 0 Å². The highest BCUT2D eigenvalue weighted by molar-refractivity contribution is 7.89. The van der Waals surface area contributed by atoms with Gasteiger partial charge in [-0.25, -0.2) is 8.42 Å². The minimum Gasteiger partial charge on any atom is -0.272 e. The molecule has 0 fully saturated rings. The van der Waals surface area contributed by atoms with Gasteiger partial charge in [-0.05, 0) is 12.8 Å². The van der Waals surface area contributed by atoms with Crippen LogP contribution in [0.2, 0.25) is 0 Å². The van der Waals surface area contributed by atoms with Crippen LogP contribution in [0.4, 0.5) is 0 Å². The maximum Gasteiger partial charge on any atom is 0.256 e. The van der Waals surface area contributed by atoms with Crippen LogP contribution in [0.3, 0.4) is 0 Å². The second kappa shape index (κ2) is 4.45. The van der Waals surface area contributed by atoms with Gasteiger partial charge in [0.1, 0.15) is 0 Å². The van der Waals surface area contributed by atoms with E-state index in [1.54, 1.807) is 0 Å². The summed E-state index contributed by atoms with van der Waals surface area (Å²) in [6, 6.07) is 0. The Hall–Kier alpha value is -0.580. The van der Waals surface area contributed by atoms with Gasteiger partial charge in [0.05, 0.1) is 5.75 Å². The Labute approximate surface area is 73.4 Å². The molecule has 0 aliphatic carbocycles. The van der Waals surface area contributed by atoms with Gasteiger partial charge in [-0.1, -0.05) is 13.8 Å². The molecule has 0 N–H and O–H groups in total. The standard InChI is InChI=1S/C7H14NO3S/c1-4-12(10,11)8-7(9)5-6(2)3/h6H,4-5H2,1-3H3. The number of carbonyl (C=O) groups excluding carboxylic acids is 1. The lowest BCUT2D eigenvalue weighted by molar-refractivity contribution is -0.120. The number of hydrogen-bond acceptors (Lipinski definition) is 3. The lowest BCUT2D eigenvalue weighted by atomic mass is 10.1. The SMILES string of the molecule is CCS(=O)(=O)[N]C(=O)CC(C)C. The van der Waals surface area contributed by atoms with Crippen molar-refractivity contribution in [1.82, 2.24) is 4.72 Å². The summed E-state index contributed by atoms with van der Waals surface area (Å²) in [5.41, 5.74) is 0. The maximum atomic E-state index is 10.9. The first-order valence-corrected chi connectivity index (χ1v) is 5.47. The van der Waals surface area contributed by atoms with Crippen molar-refractivity contribution < 1.29 is 13.2 Å². The largest absolute Gasteiger partial charge is 0.272 e. The van der Waals surface area contributed by atoms with E-state index in [0.717, 1.165) is 0 Å². The summed E-state index contributed by atoms with van der Waals surface area (Å²) in [4.78, 5) is 10.9. The topological polar surface area (TPSA) is 65.3 Å². The smallest absolute Gasteiger partial charge is 0.256 e. The minimum atomic E-state index is -3.49. The lowest BCUT2D eigenvalue weighted by Gasteiger charge is -2.02. The van der Waals surface area contributed by atoms with Gasteiger partial charge in [-0.3, -0.25) is 4.79 Å². The fraction of sp³-hybridized carbons (Fsp3) is 0.857. The Morgan fingerprint density at radius 1 is 1.42 bits per heavy atom. The van der Waals surface area contributed by atoms with Gasteiger partial charge < -0.3 is 0 Å². The third-order valence-corrected chi connectivity index (χ3v) is 2.40. The van der Waals surface area contributed by atoms with Gasteiger partial charge in [0, 0.05) is 6.42 Å². The molecule has 12 heavy (non-hydrogen) atoms. The van der Waals surface area contributed by atoms with E-state index < -0.39 is 15.9 Å². The zero-order valence-corrected chi connectivity index (χ0v) is 8.39. The van der Waals surface area contributed by atoms with Crippen LogP contribution in [-0.4, -0.2) is 20.1 Å². The summed E-state index contributed by atoms with van der Waals surface area (Å²) in [7, 11) is -3.49. The second-order valence-electron chi connectivity index (χ2n) is 2.95. The van der Waals surface area contributed by atoms with Gasteiger partial charge in [0.25, 0.3) is 15.9 Å².